The molecule has 0 heterocycles. The maximum absolute atomic E-state index is 12.1. The minimum absolute atomic E-state index is 0.0423. The minimum atomic E-state index is -0.604. The Morgan fingerprint density at radius 2 is 1.68 bits per heavy atom. The van der Waals surface area contributed by atoms with Gasteiger partial charge in [0.1, 0.15) is 0 Å². The molecule has 0 saturated carbocycles. The van der Waals surface area contributed by atoms with Gasteiger partial charge in [0.15, 0.2) is 0 Å². The average molecular weight is 361 g/mol. The number of hydrogen-bond donors (Lipinski definition) is 2. The topological polar surface area (TPSA) is 98.3 Å². The zero-order chi connectivity index (χ0) is 16.4. The highest BCUT2D eigenvalue weighted by atomic mass is 35.5. The quantitative estimate of drug-likeness (QED) is 0.482. The van der Waals surface area contributed by atoms with Crippen LogP contribution in [-0.2, 0) is 0 Å². The second kappa shape index (κ2) is 6.39. The van der Waals surface area contributed by atoms with Gasteiger partial charge in [-0.1, -0.05) is 34.8 Å². The first kappa shape index (κ1) is 16.4. The van der Waals surface area contributed by atoms with Crippen molar-refractivity contribution in [2.75, 3.05) is 11.1 Å². The molecular formula is C13H8Cl3N3O3. The molecule has 0 radical (unpaired) electrons. The lowest BCUT2D eigenvalue weighted by atomic mass is 10.2. The Kier molecular flexibility index (Phi) is 4.75. The number of carbonyl (C=O) groups is 1. The molecule has 1 amide bonds. The molecule has 0 bridgehead atoms. The van der Waals surface area contributed by atoms with Gasteiger partial charge in [-0.3, -0.25) is 14.9 Å². The fourth-order valence-electron chi connectivity index (χ4n) is 1.66. The van der Waals surface area contributed by atoms with Gasteiger partial charge in [0.05, 0.1) is 31.2 Å². The SMILES string of the molecule is Nc1c(Cl)cc(NC(=O)c2ccc([N+](=O)[O-])cc2Cl)cc1Cl. The molecule has 22 heavy (non-hydrogen) atoms. The summed E-state index contributed by atoms with van der Waals surface area (Å²) >= 11 is 17.6. The number of nitro benzene ring substituents is 1. The highest BCUT2D eigenvalue weighted by molar-refractivity contribution is 6.39. The van der Waals surface area contributed by atoms with Crippen LogP contribution in [0.1, 0.15) is 10.4 Å². The molecule has 0 aliphatic heterocycles. The van der Waals surface area contributed by atoms with Crippen molar-refractivity contribution in [3.8, 4) is 0 Å². The average Bonchev–Trinajstić information content (AvgIpc) is 2.44. The van der Waals surface area contributed by atoms with Crippen LogP contribution in [0.3, 0.4) is 0 Å². The van der Waals surface area contributed by atoms with Gasteiger partial charge in [0, 0.05) is 17.8 Å². The summed E-state index contributed by atoms with van der Waals surface area (Å²) in [4.78, 5) is 22.2. The number of nitrogens with two attached hydrogens (primary N) is 1. The van der Waals surface area contributed by atoms with Gasteiger partial charge >= 0.3 is 0 Å². The summed E-state index contributed by atoms with van der Waals surface area (Å²) in [5.74, 6) is -0.559. The summed E-state index contributed by atoms with van der Waals surface area (Å²) in [6.45, 7) is 0. The normalized spacial score (nSPS) is 10.3. The van der Waals surface area contributed by atoms with Crippen LogP contribution < -0.4 is 11.1 Å². The van der Waals surface area contributed by atoms with E-state index in [9.17, 15) is 14.9 Å². The lowest BCUT2D eigenvalue weighted by Gasteiger charge is -2.09. The molecule has 0 aromatic heterocycles. The number of rotatable bonds is 3. The number of halogens is 3. The predicted molar refractivity (Wildman–Crippen MR) is 86.9 cm³/mol. The summed E-state index contributed by atoms with van der Waals surface area (Å²) in [5, 5.41) is 13.5. The number of nitrogens with zero attached hydrogens (tertiary/aromatic N) is 1. The Morgan fingerprint density at radius 1 is 1.09 bits per heavy atom. The lowest BCUT2D eigenvalue weighted by molar-refractivity contribution is -0.384. The second-order valence-electron chi connectivity index (χ2n) is 4.23. The Morgan fingerprint density at radius 3 is 2.18 bits per heavy atom. The first-order chi connectivity index (χ1) is 10.3. The van der Waals surface area contributed by atoms with E-state index in [4.69, 9.17) is 40.5 Å². The molecule has 0 aliphatic carbocycles. The minimum Gasteiger partial charge on any atom is -0.396 e. The van der Waals surface area contributed by atoms with Gasteiger partial charge in [0.2, 0.25) is 0 Å². The van der Waals surface area contributed by atoms with Crippen LogP contribution in [0.25, 0.3) is 0 Å². The molecule has 9 heteroatoms. The van der Waals surface area contributed by atoms with Crippen molar-refractivity contribution in [3.63, 3.8) is 0 Å². The van der Waals surface area contributed by atoms with E-state index in [-0.39, 0.29) is 32.0 Å². The van der Waals surface area contributed by atoms with Crippen molar-refractivity contribution in [1.82, 2.24) is 0 Å². The molecule has 0 atom stereocenters. The van der Waals surface area contributed by atoms with Crippen LogP contribution in [0.4, 0.5) is 17.1 Å². The lowest BCUT2D eigenvalue weighted by Crippen LogP contribution is -2.12. The summed E-state index contributed by atoms with van der Waals surface area (Å²) in [6, 6.07) is 6.40. The molecule has 0 saturated heterocycles. The third-order valence-electron chi connectivity index (χ3n) is 2.75. The zero-order valence-corrected chi connectivity index (χ0v) is 13.0. The molecule has 2 aromatic carbocycles. The third-order valence-corrected chi connectivity index (χ3v) is 3.68. The number of nitrogens with one attached hydrogen (secondary N) is 1. The molecule has 2 rings (SSSR count). The Balaban J connectivity index is 2.28. The zero-order valence-electron chi connectivity index (χ0n) is 10.8. The summed E-state index contributed by atoms with van der Waals surface area (Å²) in [6.07, 6.45) is 0. The molecule has 0 aliphatic rings. The van der Waals surface area contributed by atoms with E-state index in [0.29, 0.717) is 5.69 Å². The number of anilines is 2. The highest BCUT2D eigenvalue weighted by Gasteiger charge is 2.16. The molecule has 114 valence electrons. The van der Waals surface area contributed by atoms with E-state index >= 15 is 0 Å². The standard InChI is InChI=1S/C13H8Cl3N3O3/c14-9-5-7(19(21)22)1-2-8(9)13(20)18-6-3-10(15)12(17)11(16)4-6/h1-5H,17H2,(H,18,20). The van der Waals surface area contributed by atoms with Crippen LogP contribution in [0.5, 0.6) is 0 Å². The van der Waals surface area contributed by atoms with E-state index < -0.39 is 10.8 Å². The number of nitro groups is 1. The van der Waals surface area contributed by atoms with Crippen LogP contribution in [0.2, 0.25) is 15.1 Å². The van der Waals surface area contributed by atoms with Crippen LogP contribution in [0, 0.1) is 10.1 Å². The van der Waals surface area contributed by atoms with Crippen LogP contribution >= 0.6 is 34.8 Å². The smallest absolute Gasteiger partial charge is 0.270 e. The Labute approximate surface area is 139 Å². The van der Waals surface area contributed by atoms with Crippen LogP contribution in [-0.4, -0.2) is 10.8 Å². The fraction of sp³-hybridized carbons (Fsp3) is 0. The molecule has 0 unspecified atom stereocenters. The monoisotopic (exact) mass is 359 g/mol. The molecule has 3 N–H and O–H groups in total. The van der Waals surface area contributed by atoms with E-state index in [0.717, 1.165) is 6.07 Å². The number of hydrogen-bond acceptors (Lipinski definition) is 4. The number of benzene rings is 2. The molecular weight excluding hydrogens is 353 g/mol. The van der Waals surface area contributed by atoms with E-state index in [1.165, 1.54) is 24.3 Å². The van der Waals surface area contributed by atoms with Crippen molar-refractivity contribution in [3.05, 3.63) is 61.1 Å². The predicted octanol–water partition coefficient (Wildman–Crippen LogP) is 4.39. The van der Waals surface area contributed by atoms with Crippen molar-refractivity contribution in [2.45, 2.75) is 0 Å². The molecule has 0 fully saturated rings. The van der Waals surface area contributed by atoms with Crippen LogP contribution in [0.15, 0.2) is 30.3 Å². The molecule has 0 spiro atoms. The van der Waals surface area contributed by atoms with Crippen molar-refractivity contribution < 1.29 is 9.72 Å². The molecule has 2 aromatic rings. The van der Waals surface area contributed by atoms with Crippen molar-refractivity contribution in [2.24, 2.45) is 0 Å². The summed E-state index contributed by atoms with van der Waals surface area (Å²) < 4.78 is 0. The number of nitrogen functional groups attached to an aromatic ring is 1. The van der Waals surface area contributed by atoms with Gasteiger partial charge in [-0.05, 0) is 18.2 Å². The van der Waals surface area contributed by atoms with Crippen molar-refractivity contribution >= 4 is 57.8 Å². The summed E-state index contributed by atoms with van der Waals surface area (Å²) in [5.41, 5.74) is 6.00. The number of non-ortho nitro benzene ring substituents is 1. The van der Waals surface area contributed by atoms with Crippen molar-refractivity contribution in [1.29, 1.82) is 0 Å². The Hall–Kier alpha value is -2.02. The van der Waals surface area contributed by atoms with Gasteiger partial charge in [-0.15, -0.1) is 0 Å². The third kappa shape index (κ3) is 3.41. The van der Waals surface area contributed by atoms with Gasteiger partial charge in [-0.25, -0.2) is 0 Å². The van der Waals surface area contributed by atoms with E-state index in [1.807, 2.05) is 0 Å². The molecule has 6 nitrogen and oxygen atoms in total. The van der Waals surface area contributed by atoms with E-state index in [2.05, 4.69) is 5.32 Å². The highest BCUT2D eigenvalue weighted by Crippen LogP contribution is 2.31. The summed E-state index contributed by atoms with van der Waals surface area (Å²) in [7, 11) is 0. The fourth-order valence-corrected chi connectivity index (χ4v) is 2.40. The van der Waals surface area contributed by atoms with Gasteiger partial charge in [0.25, 0.3) is 11.6 Å². The second-order valence-corrected chi connectivity index (χ2v) is 5.45. The largest absolute Gasteiger partial charge is 0.396 e. The first-order valence-corrected chi connectivity index (χ1v) is 6.93. The Bertz CT molecular complexity index is 757. The number of carbonyl (C=O) groups excluding carboxylic acids is 1. The first-order valence-electron chi connectivity index (χ1n) is 5.79. The maximum Gasteiger partial charge on any atom is 0.270 e. The van der Waals surface area contributed by atoms with E-state index in [1.54, 1.807) is 0 Å². The number of amides is 1. The maximum atomic E-state index is 12.1. The van der Waals surface area contributed by atoms with Gasteiger partial charge in [-0.2, -0.15) is 0 Å². The van der Waals surface area contributed by atoms with Gasteiger partial charge < -0.3 is 11.1 Å².